The van der Waals surface area contributed by atoms with Crippen molar-refractivity contribution in [2.45, 2.75) is 12.8 Å². The number of hydrogen-bond donors (Lipinski definition) is 1. The SMILES string of the molecule is CC(CNc1cc(F)cc(F)c1F)c1ccccc1. The Kier molecular flexibility index (Phi) is 4.10. The molecule has 4 heteroatoms. The number of hydrogen-bond acceptors (Lipinski definition) is 1. The average Bonchev–Trinajstić information content (AvgIpc) is 2.41. The average molecular weight is 265 g/mol. The van der Waals surface area contributed by atoms with Crippen LogP contribution >= 0.6 is 0 Å². The van der Waals surface area contributed by atoms with E-state index >= 15 is 0 Å². The number of anilines is 1. The zero-order valence-corrected chi connectivity index (χ0v) is 10.5. The zero-order valence-electron chi connectivity index (χ0n) is 10.5. The van der Waals surface area contributed by atoms with E-state index in [1.807, 2.05) is 37.3 Å². The van der Waals surface area contributed by atoms with Gasteiger partial charge in [-0.15, -0.1) is 0 Å². The quantitative estimate of drug-likeness (QED) is 0.812. The van der Waals surface area contributed by atoms with Crippen LogP contribution in [0.2, 0.25) is 0 Å². The van der Waals surface area contributed by atoms with Crippen LogP contribution in [0.1, 0.15) is 18.4 Å². The summed E-state index contributed by atoms with van der Waals surface area (Å²) in [6.45, 7) is 2.35. The lowest BCUT2D eigenvalue weighted by Crippen LogP contribution is -2.11. The van der Waals surface area contributed by atoms with E-state index in [4.69, 9.17) is 0 Å². The van der Waals surface area contributed by atoms with Crippen LogP contribution in [0, 0.1) is 17.5 Å². The van der Waals surface area contributed by atoms with Crippen LogP contribution in [-0.4, -0.2) is 6.54 Å². The van der Waals surface area contributed by atoms with Gasteiger partial charge in [0, 0.05) is 18.7 Å². The minimum absolute atomic E-state index is 0.104. The minimum Gasteiger partial charge on any atom is -0.382 e. The molecule has 0 bridgehead atoms. The standard InChI is InChI=1S/C15H14F3N/c1-10(11-5-3-2-4-6-11)9-19-14-8-12(16)7-13(17)15(14)18/h2-8,10,19H,9H2,1H3. The van der Waals surface area contributed by atoms with Gasteiger partial charge in [-0.3, -0.25) is 0 Å². The molecule has 0 saturated heterocycles. The highest BCUT2D eigenvalue weighted by atomic mass is 19.2. The summed E-state index contributed by atoms with van der Waals surface area (Å²) >= 11 is 0. The highest BCUT2D eigenvalue weighted by Gasteiger charge is 2.12. The monoisotopic (exact) mass is 265 g/mol. The molecule has 2 aromatic carbocycles. The first-order chi connectivity index (χ1) is 9.08. The zero-order chi connectivity index (χ0) is 13.8. The molecule has 1 N–H and O–H groups in total. The van der Waals surface area contributed by atoms with Gasteiger partial charge in [0.25, 0.3) is 0 Å². The summed E-state index contributed by atoms with van der Waals surface area (Å²) in [6, 6.07) is 11.1. The lowest BCUT2D eigenvalue weighted by Gasteiger charge is -2.14. The Labute approximate surface area is 110 Å². The fourth-order valence-electron chi connectivity index (χ4n) is 1.85. The third-order valence-electron chi connectivity index (χ3n) is 2.96. The fraction of sp³-hybridized carbons (Fsp3) is 0.200. The highest BCUT2D eigenvalue weighted by Crippen LogP contribution is 2.21. The van der Waals surface area contributed by atoms with Crippen LogP contribution < -0.4 is 5.32 Å². The smallest absolute Gasteiger partial charge is 0.182 e. The Hall–Kier alpha value is -1.97. The molecule has 0 fully saturated rings. The van der Waals surface area contributed by atoms with Gasteiger partial charge in [0.15, 0.2) is 11.6 Å². The molecule has 1 nitrogen and oxygen atoms in total. The number of rotatable bonds is 4. The van der Waals surface area contributed by atoms with E-state index in [0.29, 0.717) is 12.6 Å². The molecule has 0 aliphatic heterocycles. The predicted octanol–water partition coefficient (Wildman–Crippen LogP) is 4.32. The van der Waals surface area contributed by atoms with Crippen molar-refractivity contribution >= 4 is 5.69 Å². The van der Waals surface area contributed by atoms with Gasteiger partial charge in [-0.2, -0.15) is 0 Å². The largest absolute Gasteiger partial charge is 0.382 e. The van der Waals surface area contributed by atoms with Crippen molar-refractivity contribution in [1.29, 1.82) is 0 Å². The number of halogens is 3. The second-order valence-corrected chi connectivity index (χ2v) is 4.44. The van der Waals surface area contributed by atoms with Gasteiger partial charge < -0.3 is 5.32 Å². The summed E-state index contributed by atoms with van der Waals surface area (Å²) in [7, 11) is 0. The molecule has 0 aromatic heterocycles. The van der Waals surface area contributed by atoms with Crippen LogP contribution in [0.25, 0.3) is 0 Å². The molecule has 100 valence electrons. The number of benzene rings is 2. The van der Waals surface area contributed by atoms with E-state index in [0.717, 1.165) is 11.6 Å². The van der Waals surface area contributed by atoms with Gasteiger partial charge in [0.2, 0.25) is 0 Å². The summed E-state index contributed by atoms with van der Waals surface area (Å²) in [5, 5.41) is 2.74. The van der Waals surface area contributed by atoms with Crippen LogP contribution in [0.15, 0.2) is 42.5 Å². The molecule has 0 aliphatic rings. The summed E-state index contributed by atoms with van der Waals surface area (Å²) in [5.74, 6) is -2.93. The normalized spacial score (nSPS) is 12.2. The first-order valence-corrected chi connectivity index (χ1v) is 6.01. The molecule has 0 amide bonds. The Balaban J connectivity index is 2.07. The van der Waals surface area contributed by atoms with Gasteiger partial charge in [-0.25, -0.2) is 13.2 Å². The van der Waals surface area contributed by atoms with Crippen molar-refractivity contribution in [3.63, 3.8) is 0 Å². The summed E-state index contributed by atoms with van der Waals surface area (Å²) in [4.78, 5) is 0. The van der Waals surface area contributed by atoms with Crippen LogP contribution in [0.4, 0.5) is 18.9 Å². The number of nitrogens with one attached hydrogen (secondary N) is 1. The van der Waals surface area contributed by atoms with E-state index in [-0.39, 0.29) is 11.6 Å². The molecular formula is C15H14F3N. The molecule has 2 aromatic rings. The molecule has 19 heavy (non-hydrogen) atoms. The van der Waals surface area contributed by atoms with Crippen molar-refractivity contribution in [3.8, 4) is 0 Å². The molecule has 0 heterocycles. The topological polar surface area (TPSA) is 12.0 Å². The van der Waals surface area contributed by atoms with E-state index < -0.39 is 17.5 Å². The lowest BCUT2D eigenvalue weighted by molar-refractivity contribution is 0.497. The van der Waals surface area contributed by atoms with Crippen molar-refractivity contribution < 1.29 is 13.2 Å². The Morgan fingerprint density at radius 1 is 1.05 bits per heavy atom. The maximum Gasteiger partial charge on any atom is 0.182 e. The van der Waals surface area contributed by atoms with Crippen molar-refractivity contribution in [3.05, 3.63) is 65.5 Å². The fourth-order valence-corrected chi connectivity index (χ4v) is 1.85. The second kappa shape index (κ2) is 5.78. The Morgan fingerprint density at radius 3 is 2.42 bits per heavy atom. The van der Waals surface area contributed by atoms with Gasteiger partial charge in [-0.05, 0) is 11.5 Å². The van der Waals surface area contributed by atoms with Gasteiger partial charge in [0.1, 0.15) is 5.82 Å². The van der Waals surface area contributed by atoms with Gasteiger partial charge in [-0.1, -0.05) is 37.3 Å². The first kappa shape index (κ1) is 13.5. The Morgan fingerprint density at radius 2 is 1.74 bits per heavy atom. The van der Waals surface area contributed by atoms with Crippen molar-refractivity contribution in [1.82, 2.24) is 0 Å². The van der Waals surface area contributed by atoms with Crippen LogP contribution in [0.5, 0.6) is 0 Å². The van der Waals surface area contributed by atoms with Crippen molar-refractivity contribution in [2.75, 3.05) is 11.9 Å². The molecule has 1 atom stereocenters. The lowest BCUT2D eigenvalue weighted by atomic mass is 10.0. The predicted molar refractivity (Wildman–Crippen MR) is 69.7 cm³/mol. The molecular weight excluding hydrogens is 251 g/mol. The van der Waals surface area contributed by atoms with E-state index in [1.54, 1.807) is 0 Å². The third kappa shape index (κ3) is 3.28. The molecule has 1 unspecified atom stereocenters. The van der Waals surface area contributed by atoms with Gasteiger partial charge >= 0.3 is 0 Å². The maximum absolute atomic E-state index is 13.4. The summed E-state index contributed by atoms with van der Waals surface area (Å²) in [5.41, 5.74) is 0.924. The first-order valence-electron chi connectivity index (χ1n) is 6.01. The second-order valence-electron chi connectivity index (χ2n) is 4.44. The maximum atomic E-state index is 13.4. The van der Waals surface area contributed by atoms with E-state index in [1.165, 1.54) is 0 Å². The molecule has 0 saturated carbocycles. The molecule has 0 spiro atoms. The van der Waals surface area contributed by atoms with Crippen LogP contribution in [-0.2, 0) is 0 Å². The third-order valence-corrected chi connectivity index (χ3v) is 2.96. The summed E-state index contributed by atoms with van der Waals surface area (Å²) < 4.78 is 39.5. The van der Waals surface area contributed by atoms with Gasteiger partial charge in [0.05, 0.1) is 5.69 Å². The van der Waals surface area contributed by atoms with Crippen LogP contribution in [0.3, 0.4) is 0 Å². The van der Waals surface area contributed by atoms with E-state index in [2.05, 4.69) is 5.32 Å². The van der Waals surface area contributed by atoms with Crippen molar-refractivity contribution in [2.24, 2.45) is 0 Å². The molecule has 0 radical (unpaired) electrons. The molecule has 2 rings (SSSR count). The van der Waals surface area contributed by atoms with E-state index in [9.17, 15) is 13.2 Å². The Bertz CT molecular complexity index is 555. The minimum atomic E-state index is -1.19. The summed E-state index contributed by atoms with van der Waals surface area (Å²) in [6.07, 6.45) is 0. The highest BCUT2D eigenvalue weighted by molar-refractivity contribution is 5.46. The molecule has 0 aliphatic carbocycles.